The highest BCUT2D eigenvalue weighted by atomic mass is 16.6. The van der Waals surface area contributed by atoms with Gasteiger partial charge in [-0.3, -0.25) is 4.79 Å². The van der Waals surface area contributed by atoms with E-state index in [0.717, 1.165) is 0 Å². The van der Waals surface area contributed by atoms with Crippen LogP contribution >= 0.6 is 0 Å². The molecule has 8 heteroatoms. The average molecular weight is 412 g/mol. The van der Waals surface area contributed by atoms with Crippen molar-refractivity contribution < 1.29 is 14.6 Å². The maximum absolute atomic E-state index is 12.8. The molecule has 0 bridgehead atoms. The molecular weight excluding hydrogens is 384 g/mol. The zero-order valence-corrected chi connectivity index (χ0v) is 17.8. The normalized spacial score (nSPS) is 19.6. The molecule has 1 unspecified atom stereocenters. The molecule has 30 heavy (non-hydrogen) atoms. The van der Waals surface area contributed by atoms with E-state index in [1.54, 1.807) is 17.0 Å². The van der Waals surface area contributed by atoms with Gasteiger partial charge in [0.05, 0.1) is 40.8 Å². The van der Waals surface area contributed by atoms with Crippen molar-refractivity contribution in [1.82, 2.24) is 9.88 Å². The highest BCUT2D eigenvalue weighted by Gasteiger charge is 2.40. The second-order valence-corrected chi connectivity index (χ2v) is 8.43. The zero-order valence-electron chi connectivity index (χ0n) is 17.8. The molecule has 1 aliphatic heterocycles. The van der Waals surface area contributed by atoms with Crippen molar-refractivity contribution in [3.05, 3.63) is 40.2 Å². The number of piperazine rings is 1. The van der Waals surface area contributed by atoms with E-state index in [1.165, 1.54) is 12.3 Å². The van der Waals surface area contributed by atoms with E-state index in [0.29, 0.717) is 41.7 Å². The van der Waals surface area contributed by atoms with Crippen LogP contribution in [0.4, 0.5) is 10.5 Å². The topological polar surface area (TPSA) is 110 Å². The first-order chi connectivity index (χ1) is 14.2. The highest BCUT2D eigenvalue weighted by molar-refractivity contribution is 5.95. The number of hydrogen-bond acceptors (Lipinski definition) is 6. The van der Waals surface area contributed by atoms with Crippen molar-refractivity contribution in [3.63, 3.8) is 0 Å². The Morgan fingerprint density at radius 2 is 2.03 bits per heavy atom. The second kappa shape index (κ2) is 8.36. The van der Waals surface area contributed by atoms with Crippen LogP contribution in [0.1, 0.15) is 39.7 Å². The summed E-state index contributed by atoms with van der Waals surface area (Å²) >= 11 is 0. The van der Waals surface area contributed by atoms with Gasteiger partial charge in [-0.2, -0.15) is 5.26 Å². The van der Waals surface area contributed by atoms with E-state index in [-0.39, 0.29) is 18.1 Å². The van der Waals surface area contributed by atoms with Crippen LogP contribution in [0.25, 0.3) is 10.9 Å². The molecule has 1 amide bonds. The van der Waals surface area contributed by atoms with Crippen molar-refractivity contribution in [2.75, 3.05) is 24.6 Å². The van der Waals surface area contributed by atoms with Gasteiger partial charge in [0.1, 0.15) is 11.7 Å². The maximum atomic E-state index is 12.8. The Morgan fingerprint density at radius 3 is 2.63 bits per heavy atom. The first-order valence-electron chi connectivity index (χ1n) is 10.1. The first kappa shape index (κ1) is 21.7. The molecule has 0 saturated carbocycles. The fourth-order valence-corrected chi connectivity index (χ4v) is 4.13. The lowest BCUT2D eigenvalue weighted by atomic mass is 9.97. The number of nitriles is 1. The molecule has 1 aromatic carbocycles. The third-order valence-corrected chi connectivity index (χ3v) is 5.38. The van der Waals surface area contributed by atoms with Crippen molar-refractivity contribution in [3.8, 4) is 6.07 Å². The van der Waals surface area contributed by atoms with Crippen LogP contribution in [-0.4, -0.2) is 58.5 Å². The van der Waals surface area contributed by atoms with Gasteiger partial charge in [0.25, 0.3) is 0 Å². The SMILES string of the molecule is CC[C@@H]1C(CO)N(c2ccc(C#N)c3[nH]ccc(=O)c23)CCN1C(=O)OC(C)(C)C. The standard InChI is InChI=1S/C22H28N4O4/c1-5-15-17(13-27)25(10-11-26(15)21(29)30-22(2,3)4)16-7-6-14(12-23)20-19(16)18(28)8-9-24-20/h6-9,15,17,27H,5,10-11,13H2,1-4H3,(H,24,28)/t15-,17?/m1/s1. The molecule has 160 valence electrons. The Balaban J connectivity index is 2.04. The Bertz CT molecular complexity index is 1030. The number of H-pyrrole nitrogens is 1. The van der Waals surface area contributed by atoms with Crippen LogP contribution in [0.2, 0.25) is 0 Å². The number of pyridine rings is 1. The first-order valence-corrected chi connectivity index (χ1v) is 10.1. The number of nitrogens with one attached hydrogen (secondary N) is 1. The molecule has 2 N–H and O–H groups in total. The third-order valence-electron chi connectivity index (χ3n) is 5.38. The van der Waals surface area contributed by atoms with Gasteiger partial charge in [0, 0.05) is 25.4 Å². The quantitative estimate of drug-likeness (QED) is 0.802. The van der Waals surface area contributed by atoms with Gasteiger partial charge in [0.15, 0.2) is 5.43 Å². The number of aliphatic hydroxyl groups is 1. The molecule has 0 radical (unpaired) electrons. The highest BCUT2D eigenvalue weighted by Crippen LogP contribution is 2.32. The minimum absolute atomic E-state index is 0.190. The van der Waals surface area contributed by atoms with Gasteiger partial charge in [-0.25, -0.2) is 4.79 Å². The van der Waals surface area contributed by atoms with E-state index >= 15 is 0 Å². The Hall–Kier alpha value is -3.05. The maximum Gasteiger partial charge on any atom is 0.410 e. The molecule has 8 nitrogen and oxygen atoms in total. The lowest BCUT2D eigenvalue weighted by Gasteiger charge is -2.48. The van der Waals surface area contributed by atoms with Gasteiger partial charge >= 0.3 is 6.09 Å². The van der Waals surface area contributed by atoms with E-state index < -0.39 is 17.7 Å². The van der Waals surface area contributed by atoms with Gasteiger partial charge in [-0.15, -0.1) is 0 Å². The summed E-state index contributed by atoms with van der Waals surface area (Å²) in [5.74, 6) is 0. The number of anilines is 1. The molecule has 1 fully saturated rings. The molecular formula is C22H28N4O4. The molecule has 3 rings (SSSR count). The van der Waals surface area contributed by atoms with Crippen LogP contribution in [0, 0.1) is 11.3 Å². The number of fused-ring (bicyclic) bond motifs is 1. The number of carbonyl (C=O) groups excluding carboxylic acids is 1. The molecule has 1 aromatic heterocycles. The minimum atomic E-state index is -0.613. The van der Waals surface area contributed by atoms with Crippen LogP contribution in [0.3, 0.4) is 0 Å². The minimum Gasteiger partial charge on any atom is -0.444 e. The smallest absolute Gasteiger partial charge is 0.410 e. The summed E-state index contributed by atoms with van der Waals surface area (Å²) in [4.78, 5) is 32.1. The van der Waals surface area contributed by atoms with E-state index in [9.17, 15) is 20.0 Å². The van der Waals surface area contributed by atoms with Crippen LogP contribution < -0.4 is 10.3 Å². The van der Waals surface area contributed by atoms with E-state index in [2.05, 4.69) is 11.1 Å². The summed E-state index contributed by atoms with van der Waals surface area (Å²) in [6, 6.07) is 6.25. The number of aromatic amines is 1. The van der Waals surface area contributed by atoms with Crippen molar-refractivity contribution in [1.29, 1.82) is 5.26 Å². The number of aliphatic hydroxyl groups excluding tert-OH is 1. The Morgan fingerprint density at radius 1 is 1.30 bits per heavy atom. The van der Waals surface area contributed by atoms with Crippen LogP contribution in [0.5, 0.6) is 0 Å². The summed E-state index contributed by atoms with van der Waals surface area (Å²) in [6.45, 7) is 8.05. The molecule has 2 aromatic rings. The molecule has 1 aliphatic rings. The number of ether oxygens (including phenoxy) is 1. The summed E-state index contributed by atoms with van der Waals surface area (Å²) in [5.41, 5.74) is 0.688. The average Bonchev–Trinajstić information content (AvgIpc) is 2.70. The monoisotopic (exact) mass is 412 g/mol. The summed E-state index contributed by atoms with van der Waals surface area (Å²) in [5, 5.41) is 20.1. The summed E-state index contributed by atoms with van der Waals surface area (Å²) in [6.07, 6.45) is 1.73. The number of amides is 1. The van der Waals surface area contributed by atoms with Crippen molar-refractivity contribution >= 4 is 22.7 Å². The number of benzene rings is 1. The van der Waals surface area contributed by atoms with Gasteiger partial charge < -0.3 is 24.6 Å². The summed E-state index contributed by atoms with van der Waals surface area (Å²) < 4.78 is 5.56. The van der Waals surface area contributed by atoms with Gasteiger partial charge in [-0.1, -0.05) is 6.92 Å². The lowest BCUT2D eigenvalue weighted by Crippen LogP contribution is -2.63. The van der Waals surface area contributed by atoms with Gasteiger partial charge in [0.2, 0.25) is 0 Å². The number of carbonyl (C=O) groups is 1. The molecule has 2 atom stereocenters. The van der Waals surface area contributed by atoms with E-state index in [1.807, 2.05) is 32.6 Å². The fraction of sp³-hybridized carbons (Fsp3) is 0.500. The molecule has 2 heterocycles. The number of hydrogen-bond donors (Lipinski definition) is 2. The molecule has 0 spiro atoms. The number of aromatic nitrogens is 1. The third kappa shape index (κ3) is 3.98. The van der Waals surface area contributed by atoms with Crippen LogP contribution in [-0.2, 0) is 4.74 Å². The van der Waals surface area contributed by atoms with Crippen molar-refractivity contribution in [2.45, 2.75) is 51.8 Å². The van der Waals surface area contributed by atoms with Gasteiger partial charge in [-0.05, 0) is 39.3 Å². The number of rotatable bonds is 3. The molecule has 0 aliphatic carbocycles. The van der Waals surface area contributed by atoms with Crippen molar-refractivity contribution in [2.24, 2.45) is 0 Å². The lowest BCUT2D eigenvalue weighted by molar-refractivity contribution is 0.00517. The second-order valence-electron chi connectivity index (χ2n) is 8.43. The Kier molecular flexibility index (Phi) is 6.04. The number of nitrogens with zero attached hydrogens (tertiary/aromatic N) is 3. The Labute approximate surface area is 175 Å². The largest absolute Gasteiger partial charge is 0.444 e. The molecule has 1 saturated heterocycles. The van der Waals surface area contributed by atoms with Crippen LogP contribution in [0.15, 0.2) is 29.2 Å². The predicted octanol–water partition coefficient (Wildman–Crippen LogP) is 2.60. The predicted molar refractivity (Wildman–Crippen MR) is 115 cm³/mol. The fourth-order valence-electron chi connectivity index (χ4n) is 4.13. The summed E-state index contributed by atoms with van der Waals surface area (Å²) in [7, 11) is 0. The van der Waals surface area contributed by atoms with E-state index in [4.69, 9.17) is 4.74 Å². The zero-order chi connectivity index (χ0) is 22.1.